The summed E-state index contributed by atoms with van der Waals surface area (Å²) in [5.41, 5.74) is 0.648. The quantitative estimate of drug-likeness (QED) is 0.568. The molecule has 0 nitrogen and oxygen atoms in total. The maximum atomic E-state index is 2.47. The Morgan fingerprint density at radius 3 is 2.00 bits per heavy atom. The molecule has 0 heterocycles. The Balaban J connectivity index is 2.64. The third-order valence-corrected chi connectivity index (χ3v) is 4.50. The van der Waals surface area contributed by atoms with Gasteiger partial charge in [0, 0.05) is 0 Å². The number of rotatable bonds is 2. The number of hydrogen-bond acceptors (Lipinski definition) is 0. The van der Waals surface area contributed by atoms with Gasteiger partial charge in [-0.2, -0.15) is 0 Å². The van der Waals surface area contributed by atoms with Crippen LogP contribution in [0.5, 0.6) is 0 Å². The van der Waals surface area contributed by atoms with Crippen molar-refractivity contribution >= 4 is 0 Å². The predicted octanol–water partition coefficient (Wildman–Crippen LogP) is 3.71. The molecule has 3 unspecified atom stereocenters. The lowest BCUT2D eigenvalue weighted by molar-refractivity contribution is -0.0640. The molecule has 66 valence electrons. The van der Waals surface area contributed by atoms with Crippen LogP contribution >= 0.6 is 0 Å². The summed E-state index contributed by atoms with van der Waals surface area (Å²) in [6, 6.07) is 0. The van der Waals surface area contributed by atoms with Crippen LogP contribution < -0.4 is 0 Å². The molecule has 0 heteroatoms. The Bertz CT molecular complexity index is 129. The average molecular weight is 154 g/mol. The molecule has 0 aliphatic heterocycles. The van der Waals surface area contributed by atoms with Gasteiger partial charge in [0.2, 0.25) is 0 Å². The standard InChI is InChI=1S/C11H22/c1-6-8(2)11(5)9(3)7-10(11)4/h8-10H,6-7H2,1-5H3. The van der Waals surface area contributed by atoms with E-state index in [4.69, 9.17) is 0 Å². The lowest BCUT2D eigenvalue weighted by atomic mass is 9.50. The molecule has 0 aromatic heterocycles. The van der Waals surface area contributed by atoms with Gasteiger partial charge in [0.1, 0.15) is 0 Å². The van der Waals surface area contributed by atoms with Gasteiger partial charge in [0.05, 0.1) is 0 Å². The zero-order chi connectivity index (χ0) is 8.65. The van der Waals surface area contributed by atoms with Crippen molar-refractivity contribution in [2.24, 2.45) is 23.2 Å². The molecule has 0 aromatic carbocycles. The molecule has 1 fully saturated rings. The van der Waals surface area contributed by atoms with Gasteiger partial charge in [0.25, 0.3) is 0 Å². The van der Waals surface area contributed by atoms with E-state index in [9.17, 15) is 0 Å². The van der Waals surface area contributed by atoms with Gasteiger partial charge in [-0.15, -0.1) is 0 Å². The second-order valence-electron chi connectivity index (χ2n) is 4.71. The Morgan fingerprint density at radius 1 is 1.36 bits per heavy atom. The van der Waals surface area contributed by atoms with Crippen LogP contribution in [0.2, 0.25) is 0 Å². The zero-order valence-electron chi connectivity index (χ0n) is 8.65. The zero-order valence-corrected chi connectivity index (χ0v) is 8.65. The fraction of sp³-hybridized carbons (Fsp3) is 1.00. The molecular formula is C11H22. The Labute approximate surface area is 71.4 Å². The second-order valence-corrected chi connectivity index (χ2v) is 4.71. The molecule has 11 heavy (non-hydrogen) atoms. The van der Waals surface area contributed by atoms with Crippen LogP contribution in [-0.4, -0.2) is 0 Å². The predicted molar refractivity (Wildman–Crippen MR) is 50.5 cm³/mol. The molecule has 0 spiro atoms. The van der Waals surface area contributed by atoms with Crippen molar-refractivity contribution in [2.45, 2.75) is 47.5 Å². The first-order valence-corrected chi connectivity index (χ1v) is 5.03. The maximum Gasteiger partial charge on any atom is -0.0249 e. The number of hydrogen-bond donors (Lipinski definition) is 0. The van der Waals surface area contributed by atoms with Crippen molar-refractivity contribution in [3.8, 4) is 0 Å². The molecule has 1 saturated carbocycles. The topological polar surface area (TPSA) is 0 Å². The molecule has 0 bridgehead atoms. The van der Waals surface area contributed by atoms with Crippen LogP contribution in [0, 0.1) is 23.2 Å². The summed E-state index contributed by atoms with van der Waals surface area (Å²) in [6.07, 6.45) is 2.78. The largest absolute Gasteiger partial charge is 0.0651 e. The highest BCUT2D eigenvalue weighted by Gasteiger charge is 2.48. The summed E-state index contributed by atoms with van der Waals surface area (Å²) >= 11 is 0. The van der Waals surface area contributed by atoms with Gasteiger partial charge in [-0.05, 0) is 29.6 Å². The first-order valence-electron chi connectivity index (χ1n) is 5.03. The summed E-state index contributed by atoms with van der Waals surface area (Å²) in [6.45, 7) is 12.0. The van der Waals surface area contributed by atoms with E-state index in [0.29, 0.717) is 5.41 Å². The minimum Gasteiger partial charge on any atom is -0.0651 e. The van der Waals surface area contributed by atoms with Crippen molar-refractivity contribution in [3.05, 3.63) is 0 Å². The summed E-state index contributed by atoms with van der Waals surface area (Å²) in [4.78, 5) is 0. The summed E-state index contributed by atoms with van der Waals surface area (Å²) in [5.74, 6) is 2.81. The SMILES string of the molecule is CCC(C)C1(C)C(C)CC1C. The average Bonchev–Trinajstić information content (AvgIpc) is 2.02. The molecule has 1 rings (SSSR count). The summed E-state index contributed by atoms with van der Waals surface area (Å²) in [7, 11) is 0. The Kier molecular flexibility index (Phi) is 2.32. The fourth-order valence-electron chi connectivity index (χ4n) is 2.77. The van der Waals surface area contributed by atoms with Crippen LogP contribution in [0.25, 0.3) is 0 Å². The first kappa shape index (κ1) is 9.09. The monoisotopic (exact) mass is 154 g/mol. The molecule has 3 atom stereocenters. The fourth-order valence-corrected chi connectivity index (χ4v) is 2.77. The van der Waals surface area contributed by atoms with E-state index < -0.39 is 0 Å². The van der Waals surface area contributed by atoms with Crippen LogP contribution in [0.15, 0.2) is 0 Å². The lowest BCUT2D eigenvalue weighted by Crippen LogP contribution is -2.48. The smallest absolute Gasteiger partial charge is 0.0249 e. The van der Waals surface area contributed by atoms with Crippen LogP contribution in [0.4, 0.5) is 0 Å². The summed E-state index contributed by atoms with van der Waals surface area (Å²) in [5, 5.41) is 0. The Morgan fingerprint density at radius 2 is 1.82 bits per heavy atom. The van der Waals surface area contributed by atoms with E-state index in [0.717, 1.165) is 17.8 Å². The molecule has 0 aromatic rings. The van der Waals surface area contributed by atoms with Crippen LogP contribution in [-0.2, 0) is 0 Å². The van der Waals surface area contributed by atoms with Crippen molar-refractivity contribution in [1.82, 2.24) is 0 Å². The van der Waals surface area contributed by atoms with E-state index in [1.54, 1.807) is 0 Å². The highest BCUT2D eigenvalue weighted by atomic mass is 14.5. The van der Waals surface area contributed by atoms with Gasteiger partial charge in [-0.25, -0.2) is 0 Å². The van der Waals surface area contributed by atoms with Crippen LogP contribution in [0.1, 0.15) is 47.5 Å². The van der Waals surface area contributed by atoms with Crippen LogP contribution in [0.3, 0.4) is 0 Å². The van der Waals surface area contributed by atoms with Crippen molar-refractivity contribution < 1.29 is 0 Å². The van der Waals surface area contributed by atoms with Gasteiger partial charge < -0.3 is 0 Å². The van der Waals surface area contributed by atoms with Crippen molar-refractivity contribution in [1.29, 1.82) is 0 Å². The van der Waals surface area contributed by atoms with E-state index in [1.165, 1.54) is 12.8 Å². The molecular weight excluding hydrogens is 132 g/mol. The lowest BCUT2D eigenvalue weighted by Gasteiger charge is -2.55. The minimum atomic E-state index is 0.648. The molecule has 0 radical (unpaired) electrons. The molecule has 1 aliphatic rings. The summed E-state index contributed by atoms with van der Waals surface area (Å²) < 4.78 is 0. The minimum absolute atomic E-state index is 0.648. The highest BCUT2D eigenvalue weighted by Crippen LogP contribution is 2.56. The van der Waals surface area contributed by atoms with Gasteiger partial charge in [0.15, 0.2) is 0 Å². The molecule has 0 amide bonds. The van der Waals surface area contributed by atoms with Gasteiger partial charge >= 0.3 is 0 Å². The second kappa shape index (κ2) is 2.80. The molecule has 0 saturated heterocycles. The molecule has 0 N–H and O–H groups in total. The molecule has 1 aliphatic carbocycles. The van der Waals surface area contributed by atoms with Crippen molar-refractivity contribution in [3.63, 3.8) is 0 Å². The van der Waals surface area contributed by atoms with E-state index in [-0.39, 0.29) is 0 Å². The Hall–Kier alpha value is 0. The normalized spacial score (nSPS) is 46.6. The van der Waals surface area contributed by atoms with Crippen molar-refractivity contribution in [2.75, 3.05) is 0 Å². The van der Waals surface area contributed by atoms with Gasteiger partial charge in [-0.3, -0.25) is 0 Å². The van der Waals surface area contributed by atoms with E-state index in [2.05, 4.69) is 34.6 Å². The van der Waals surface area contributed by atoms with E-state index in [1.807, 2.05) is 0 Å². The highest BCUT2D eigenvalue weighted by molar-refractivity contribution is 4.97. The maximum absolute atomic E-state index is 2.47. The first-order chi connectivity index (χ1) is 5.03. The third-order valence-electron chi connectivity index (χ3n) is 4.50. The van der Waals surface area contributed by atoms with E-state index >= 15 is 0 Å². The van der Waals surface area contributed by atoms with Gasteiger partial charge in [-0.1, -0.05) is 41.0 Å². The third kappa shape index (κ3) is 1.11.